The molecule has 2 rings (SSSR count). The lowest BCUT2D eigenvalue weighted by molar-refractivity contribution is -0.140. The molecule has 0 aromatic heterocycles. The van der Waals surface area contributed by atoms with E-state index in [9.17, 15) is 9.59 Å². The molecule has 32 heavy (non-hydrogen) atoms. The number of nitrogens with one attached hydrogen (secondary N) is 1. The highest BCUT2D eigenvalue weighted by molar-refractivity contribution is 7.99. The van der Waals surface area contributed by atoms with Gasteiger partial charge in [0.2, 0.25) is 11.8 Å². The highest BCUT2D eigenvalue weighted by Gasteiger charge is 2.27. The fourth-order valence-electron chi connectivity index (χ4n) is 2.97. The molecule has 2 aromatic rings. The Labute approximate surface area is 210 Å². The molecule has 4 nitrogen and oxygen atoms in total. The molecule has 8 heteroatoms. The molecule has 0 aliphatic carbocycles. The van der Waals surface area contributed by atoms with Crippen molar-refractivity contribution in [1.29, 1.82) is 0 Å². The smallest absolute Gasteiger partial charge is 0.242 e. The summed E-state index contributed by atoms with van der Waals surface area (Å²) in [4.78, 5) is 28.6. The van der Waals surface area contributed by atoms with Crippen LogP contribution < -0.4 is 5.32 Å². The van der Waals surface area contributed by atoms with Crippen molar-refractivity contribution in [1.82, 2.24) is 10.2 Å². The second kappa shape index (κ2) is 13.3. The lowest BCUT2D eigenvalue weighted by atomic mass is 10.1. The highest BCUT2D eigenvalue weighted by Crippen LogP contribution is 2.25. The van der Waals surface area contributed by atoms with E-state index in [0.717, 1.165) is 22.6 Å². The molecule has 2 amide bonds. The van der Waals surface area contributed by atoms with Gasteiger partial charge in [-0.1, -0.05) is 47.8 Å². The van der Waals surface area contributed by atoms with Gasteiger partial charge < -0.3 is 10.2 Å². The summed E-state index contributed by atoms with van der Waals surface area (Å²) in [7, 11) is 0. The van der Waals surface area contributed by atoms with Gasteiger partial charge in [-0.15, -0.1) is 11.8 Å². The number of thioether (sulfide) groups is 1. The van der Waals surface area contributed by atoms with Crippen molar-refractivity contribution in [2.75, 3.05) is 5.75 Å². The number of hydrogen-bond donors (Lipinski definition) is 1. The zero-order valence-corrected chi connectivity index (χ0v) is 21.6. The quantitative estimate of drug-likeness (QED) is 0.263. The predicted octanol–water partition coefficient (Wildman–Crippen LogP) is 6.85. The zero-order valence-electron chi connectivity index (χ0n) is 18.5. The Hall–Kier alpha value is -1.40. The van der Waals surface area contributed by atoms with Gasteiger partial charge in [0.25, 0.3) is 0 Å². The van der Waals surface area contributed by atoms with Crippen molar-refractivity contribution in [2.45, 2.75) is 63.6 Å². The molecule has 0 fully saturated rings. The molecular formula is C24H29Cl3N2O2S. The van der Waals surface area contributed by atoms with Crippen LogP contribution in [0.15, 0.2) is 47.4 Å². The van der Waals surface area contributed by atoms with E-state index in [1.54, 1.807) is 41.8 Å². The van der Waals surface area contributed by atoms with Gasteiger partial charge in [-0.3, -0.25) is 9.59 Å². The van der Waals surface area contributed by atoms with Gasteiger partial charge in [-0.25, -0.2) is 0 Å². The minimum absolute atomic E-state index is 0.0387. The summed E-state index contributed by atoms with van der Waals surface area (Å²) >= 11 is 19.9. The monoisotopic (exact) mass is 514 g/mol. The first kappa shape index (κ1) is 26.8. The SMILES string of the molecule is CC[C@H](C)NC(=O)[C@@H](C)N(Cc1ccc(Cl)cc1Cl)C(=O)CCCSc1ccc(Cl)cc1. The summed E-state index contributed by atoms with van der Waals surface area (Å²) in [5.41, 5.74) is 0.753. The van der Waals surface area contributed by atoms with E-state index in [1.807, 2.05) is 38.1 Å². The van der Waals surface area contributed by atoms with Gasteiger partial charge in [-0.2, -0.15) is 0 Å². The van der Waals surface area contributed by atoms with E-state index in [-0.39, 0.29) is 24.4 Å². The van der Waals surface area contributed by atoms with Gasteiger partial charge in [0.15, 0.2) is 0 Å². The number of carbonyl (C=O) groups excluding carboxylic acids is 2. The van der Waals surface area contributed by atoms with E-state index in [1.165, 1.54) is 0 Å². The first-order valence-corrected chi connectivity index (χ1v) is 12.7. The summed E-state index contributed by atoms with van der Waals surface area (Å²) in [6.45, 7) is 5.95. The maximum Gasteiger partial charge on any atom is 0.242 e. The fourth-order valence-corrected chi connectivity index (χ4v) is 4.42. The topological polar surface area (TPSA) is 49.4 Å². The lowest BCUT2D eigenvalue weighted by Crippen LogP contribution is -2.49. The molecule has 0 aliphatic rings. The molecule has 0 spiro atoms. The first-order chi connectivity index (χ1) is 15.2. The summed E-state index contributed by atoms with van der Waals surface area (Å²) in [5.74, 6) is 0.531. The summed E-state index contributed by atoms with van der Waals surface area (Å²) in [5, 5.41) is 4.67. The normalized spacial score (nSPS) is 12.8. The van der Waals surface area contributed by atoms with Crippen LogP contribution in [0.3, 0.4) is 0 Å². The average Bonchev–Trinajstić information content (AvgIpc) is 2.76. The summed E-state index contributed by atoms with van der Waals surface area (Å²) in [6, 6.07) is 12.2. The van der Waals surface area contributed by atoms with Crippen LogP contribution in [0, 0.1) is 0 Å². The molecular weight excluding hydrogens is 487 g/mol. The fraction of sp³-hybridized carbons (Fsp3) is 0.417. The second-order valence-corrected chi connectivity index (χ2v) is 10.1. The molecule has 0 unspecified atom stereocenters. The van der Waals surface area contributed by atoms with Crippen LogP contribution in [0.5, 0.6) is 0 Å². The summed E-state index contributed by atoms with van der Waals surface area (Å²) < 4.78 is 0. The van der Waals surface area contributed by atoms with Gasteiger partial charge in [0.1, 0.15) is 6.04 Å². The largest absolute Gasteiger partial charge is 0.352 e. The van der Waals surface area contributed by atoms with Crippen LogP contribution in [0.4, 0.5) is 0 Å². The predicted molar refractivity (Wildman–Crippen MR) is 136 cm³/mol. The lowest BCUT2D eigenvalue weighted by Gasteiger charge is -2.30. The standard InChI is InChI=1S/C24H29Cl3N2O2S/c1-4-16(2)28-24(31)17(3)29(15-18-7-8-20(26)14-22(18)27)23(30)6-5-13-32-21-11-9-19(25)10-12-21/h7-12,14,16-17H,4-6,13,15H2,1-3H3,(H,28,31)/t16-,17+/m0/s1. The number of hydrogen-bond acceptors (Lipinski definition) is 3. The average molecular weight is 516 g/mol. The maximum atomic E-state index is 13.1. The van der Waals surface area contributed by atoms with Crippen molar-refractivity contribution in [2.24, 2.45) is 0 Å². The van der Waals surface area contributed by atoms with E-state index in [4.69, 9.17) is 34.8 Å². The highest BCUT2D eigenvalue weighted by atomic mass is 35.5. The van der Waals surface area contributed by atoms with E-state index < -0.39 is 6.04 Å². The molecule has 0 aliphatic heterocycles. The minimum Gasteiger partial charge on any atom is -0.352 e. The maximum absolute atomic E-state index is 13.1. The van der Waals surface area contributed by atoms with E-state index in [0.29, 0.717) is 27.9 Å². The van der Waals surface area contributed by atoms with Crippen LogP contribution in [-0.4, -0.2) is 34.6 Å². The first-order valence-electron chi connectivity index (χ1n) is 10.6. The Morgan fingerprint density at radius 2 is 1.69 bits per heavy atom. The van der Waals surface area contributed by atoms with E-state index in [2.05, 4.69) is 5.32 Å². The van der Waals surface area contributed by atoms with Crippen molar-refractivity contribution < 1.29 is 9.59 Å². The second-order valence-electron chi connectivity index (χ2n) is 7.66. The Morgan fingerprint density at radius 1 is 1.03 bits per heavy atom. The van der Waals surface area contributed by atoms with Crippen LogP contribution >= 0.6 is 46.6 Å². The third-order valence-electron chi connectivity index (χ3n) is 5.14. The van der Waals surface area contributed by atoms with Crippen LogP contribution in [-0.2, 0) is 16.1 Å². The summed E-state index contributed by atoms with van der Waals surface area (Å²) in [6.07, 6.45) is 1.85. The Morgan fingerprint density at radius 3 is 2.31 bits per heavy atom. The van der Waals surface area contributed by atoms with Crippen LogP contribution in [0.1, 0.15) is 45.6 Å². The number of nitrogens with zero attached hydrogens (tertiary/aromatic N) is 1. The Bertz CT molecular complexity index is 909. The molecule has 174 valence electrons. The van der Waals surface area contributed by atoms with Gasteiger partial charge in [0, 0.05) is 39.0 Å². The molecule has 0 radical (unpaired) electrons. The number of carbonyl (C=O) groups is 2. The van der Waals surface area contributed by atoms with Crippen molar-refractivity contribution in [3.05, 3.63) is 63.1 Å². The third-order valence-corrected chi connectivity index (χ3v) is 7.08. The molecule has 0 heterocycles. The van der Waals surface area contributed by atoms with Crippen LogP contribution in [0.25, 0.3) is 0 Å². The van der Waals surface area contributed by atoms with Gasteiger partial charge >= 0.3 is 0 Å². The molecule has 0 bridgehead atoms. The molecule has 2 aromatic carbocycles. The molecule has 2 atom stereocenters. The number of amides is 2. The molecule has 1 N–H and O–H groups in total. The number of rotatable bonds is 11. The van der Waals surface area contributed by atoms with Crippen molar-refractivity contribution in [3.8, 4) is 0 Å². The van der Waals surface area contributed by atoms with Crippen LogP contribution in [0.2, 0.25) is 15.1 Å². The van der Waals surface area contributed by atoms with Crippen molar-refractivity contribution >= 4 is 58.4 Å². The van der Waals surface area contributed by atoms with Crippen molar-refractivity contribution in [3.63, 3.8) is 0 Å². The van der Waals surface area contributed by atoms with Gasteiger partial charge in [0.05, 0.1) is 0 Å². The van der Waals surface area contributed by atoms with E-state index >= 15 is 0 Å². The number of benzene rings is 2. The Balaban J connectivity index is 2.05. The molecule has 0 saturated heterocycles. The minimum atomic E-state index is -0.618. The Kier molecular flexibility index (Phi) is 11.2. The molecule has 0 saturated carbocycles. The number of halogens is 3. The third kappa shape index (κ3) is 8.51. The van der Waals surface area contributed by atoms with Gasteiger partial charge in [-0.05, 0) is 74.4 Å². The zero-order chi connectivity index (χ0) is 23.7.